The van der Waals surface area contributed by atoms with Crippen LogP contribution in [0, 0.1) is 5.41 Å². The number of pyridine rings is 1. The number of carboxylic acids is 1. The molecule has 1 aliphatic rings. The first-order valence-electron chi connectivity index (χ1n) is 10.7. The van der Waals surface area contributed by atoms with Crippen molar-refractivity contribution < 1.29 is 14.7 Å². The Labute approximate surface area is 181 Å². The van der Waals surface area contributed by atoms with Gasteiger partial charge in [-0.25, -0.2) is 0 Å². The Bertz CT molecular complexity index is 1090. The number of hydrogen-bond acceptors (Lipinski definition) is 4. The van der Waals surface area contributed by atoms with Gasteiger partial charge in [0.15, 0.2) is 0 Å². The number of aliphatic carboxylic acids is 1. The molecular weight excluding hydrogens is 390 g/mol. The summed E-state index contributed by atoms with van der Waals surface area (Å²) in [6, 6.07) is 15.2. The molecule has 1 amide bonds. The fourth-order valence-electron chi connectivity index (χ4n) is 4.56. The zero-order valence-electron chi connectivity index (χ0n) is 17.4. The van der Waals surface area contributed by atoms with Crippen molar-refractivity contribution >= 4 is 28.3 Å². The van der Waals surface area contributed by atoms with Crippen molar-refractivity contribution in [2.45, 2.75) is 38.0 Å². The van der Waals surface area contributed by atoms with Gasteiger partial charge in [0, 0.05) is 30.0 Å². The summed E-state index contributed by atoms with van der Waals surface area (Å²) in [6.07, 6.45) is 7.40. The highest BCUT2D eigenvalue weighted by atomic mass is 16.4. The first-order valence-corrected chi connectivity index (χ1v) is 10.7. The summed E-state index contributed by atoms with van der Waals surface area (Å²) in [6.45, 7) is 0.182. The Balaban J connectivity index is 1.47. The summed E-state index contributed by atoms with van der Waals surface area (Å²) in [4.78, 5) is 28.8. The summed E-state index contributed by atoms with van der Waals surface area (Å²) in [5.74, 6) is -1.36. The minimum absolute atomic E-state index is 0.165. The second-order valence-corrected chi connectivity index (χ2v) is 8.43. The topological polar surface area (TPSA) is 105 Å². The first kappa shape index (κ1) is 21.0. The maximum Gasteiger partial charge on any atom is 0.309 e. The summed E-state index contributed by atoms with van der Waals surface area (Å²) in [7, 11) is 0. The van der Waals surface area contributed by atoms with Gasteiger partial charge in [-0.15, -0.1) is 0 Å². The Hall–Kier alpha value is -3.25. The van der Waals surface area contributed by atoms with E-state index in [4.69, 9.17) is 5.73 Å². The molecular formula is C25H27N3O3. The minimum atomic E-state index is -0.709. The second-order valence-electron chi connectivity index (χ2n) is 8.43. The lowest BCUT2D eigenvalue weighted by Crippen LogP contribution is -2.30. The van der Waals surface area contributed by atoms with E-state index in [1.807, 2.05) is 48.5 Å². The normalized spacial score (nSPS) is 16.2. The number of carbonyl (C=O) groups excluding carboxylic acids is 1. The van der Waals surface area contributed by atoms with Gasteiger partial charge in [0.1, 0.15) is 0 Å². The molecule has 6 nitrogen and oxygen atoms in total. The van der Waals surface area contributed by atoms with E-state index in [0.717, 1.165) is 47.6 Å². The van der Waals surface area contributed by atoms with Crippen LogP contribution < -0.4 is 11.1 Å². The first-order chi connectivity index (χ1) is 15.0. The summed E-state index contributed by atoms with van der Waals surface area (Å²) < 4.78 is 0. The fourth-order valence-corrected chi connectivity index (χ4v) is 4.56. The van der Waals surface area contributed by atoms with Crippen LogP contribution in [-0.2, 0) is 16.0 Å². The molecule has 1 atom stereocenters. The summed E-state index contributed by atoms with van der Waals surface area (Å²) in [5.41, 5.74) is 7.79. The van der Waals surface area contributed by atoms with Crippen molar-refractivity contribution in [2.75, 3.05) is 11.9 Å². The van der Waals surface area contributed by atoms with E-state index in [9.17, 15) is 14.7 Å². The number of nitrogens with two attached hydrogens (primary N) is 1. The molecule has 1 saturated carbocycles. The molecule has 1 aliphatic carbocycles. The largest absolute Gasteiger partial charge is 0.481 e. The minimum Gasteiger partial charge on any atom is -0.481 e. The van der Waals surface area contributed by atoms with Gasteiger partial charge in [0.2, 0.25) is 5.91 Å². The van der Waals surface area contributed by atoms with Gasteiger partial charge >= 0.3 is 5.97 Å². The second kappa shape index (κ2) is 8.86. The van der Waals surface area contributed by atoms with E-state index >= 15 is 0 Å². The number of nitrogens with zero attached hydrogens (tertiary/aromatic N) is 1. The number of rotatable bonds is 7. The van der Waals surface area contributed by atoms with Gasteiger partial charge < -0.3 is 16.2 Å². The van der Waals surface area contributed by atoms with Crippen LogP contribution in [0.1, 0.15) is 42.7 Å². The van der Waals surface area contributed by atoms with E-state index in [-0.39, 0.29) is 12.5 Å². The number of benzene rings is 2. The van der Waals surface area contributed by atoms with Gasteiger partial charge in [-0.05, 0) is 54.0 Å². The quantitative estimate of drug-likeness (QED) is 0.537. The zero-order chi connectivity index (χ0) is 21.8. The predicted octanol–water partition coefficient (Wildman–Crippen LogP) is 4.10. The average Bonchev–Trinajstić information content (AvgIpc) is 3.25. The van der Waals surface area contributed by atoms with Crippen LogP contribution in [0.3, 0.4) is 0 Å². The predicted molar refractivity (Wildman–Crippen MR) is 121 cm³/mol. The highest BCUT2D eigenvalue weighted by Crippen LogP contribution is 2.41. The van der Waals surface area contributed by atoms with Crippen LogP contribution in [0.2, 0.25) is 0 Å². The number of fused-ring (bicyclic) bond motifs is 1. The average molecular weight is 418 g/mol. The van der Waals surface area contributed by atoms with Crippen LogP contribution in [0.15, 0.2) is 60.9 Å². The number of nitrogens with one attached hydrogen (secondary N) is 1. The SMILES string of the molecule is NCC(C(=O)Nc1ccc2cnccc2c1)c1ccc(CC2(C(=O)O)CCCC2)cc1. The zero-order valence-corrected chi connectivity index (χ0v) is 17.4. The molecule has 4 rings (SSSR count). The van der Waals surface area contributed by atoms with Crippen LogP contribution in [0.25, 0.3) is 10.8 Å². The lowest BCUT2D eigenvalue weighted by atomic mass is 9.80. The molecule has 4 N–H and O–H groups in total. The van der Waals surface area contributed by atoms with Crippen LogP contribution in [-0.4, -0.2) is 28.5 Å². The van der Waals surface area contributed by atoms with E-state index < -0.39 is 17.3 Å². The molecule has 6 heteroatoms. The molecule has 0 spiro atoms. The highest BCUT2D eigenvalue weighted by molar-refractivity contribution is 5.98. The Morgan fingerprint density at radius 1 is 1.06 bits per heavy atom. The smallest absolute Gasteiger partial charge is 0.309 e. The number of amides is 1. The maximum atomic E-state index is 12.9. The van der Waals surface area contributed by atoms with Gasteiger partial charge in [0.25, 0.3) is 0 Å². The molecule has 31 heavy (non-hydrogen) atoms. The van der Waals surface area contributed by atoms with Crippen LogP contribution in [0.5, 0.6) is 0 Å². The van der Waals surface area contributed by atoms with Crippen molar-refractivity contribution in [1.29, 1.82) is 0 Å². The number of anilines is 1. The van der Waals surface area contributed by atoms with E-state index in [1.165, 1.54) is 0 Å². The van der Waals surface area contributed by atoms with E-state index in [1.54, 1.807) is 12.4 Å². The lowest BCUT2D eigenvalue weighted by Gasteiger charge is -2.24. The van der Waals surface area contributed by atoms with Crippen LogP contribution in [0.4, 0.5) is 5.69 Å². The van der Waals surface area contributed by atoms with Gasteiger partial charge in [-0.2, -0.15) is 0 Å². The van der Waals surface area contributed by atoms with Crippen molar-refractivity contribution in [3.63, 3.8) is 0 Å². The Morgan fingerprint density at radius 2 is 1.81 bits per heavy atom. The lowest BCUT2D eigenvalue weighted by molar-refractivity contribution is -0.148. The third-order valence-corrected chi connectivity index (χ3v) is 6.40. The van der Waals surface area contributed by atoms with Gasteiger partial charge in [-0.3, -0.25) is 14.6 Å². The van der Waals surface area contributed by atoms with Gasteiger partial charge in [-0.1, -0.05) is 43.2 Å². The molecule has 1 fully saturated rings. The van der Waals surface area contributed by atoms with Crippen molar-refractivity contribution in [3.8, 4) is 0 Å². The number of aromatic nitrogens is 1. The Kier molecular flexibility index (Phi) is 6.00. The molecule has 160 valence electrons. The van der Waals surface area contributed by atoms with E-state index in [2.05, 4.69) is 10.3 Å². The Morgan fingerprint density at radius 3 is 2.48 bits per heavy atom. The molecule has 0 aliphatic heterocycles. The molecule has 1 aromatic heterocycles. The molecule has 2 aromatic carbocycles. The van der Waals surface area contributed by atoms with Crippen molar-refractivity contribution in [2.24, 2.45) is 11.1 Å². The fraction of sp³-hybridized carbons (Fsp3) is 0.320. The van der Waals surface area contributed by atoms with Crippen molar-refractivity contribution in [3.05, 3.63) is 72.1 Å². The van der Waals surface area contributed by atoms with Crippen molar-refractivity contribution in [1.82, 2.24) is 4.98 Å². The molecule has 0 radical (unpaired) electrons. The molecule has 3 aromatic rings. The maximum absolute atomic E-state index is 12.9. The molecule has 0 saturated heterocycles. The number of carbonyl (C=O) groups is 2. The third kappa shape index (κ3) is 4.44. The molecule has 1 unspecified atom stereocenters. The summed E-state index contributed by atoms with van der Waals surface area (Å²) in [5, 5.41) is 14.7. The number of carboxylic acid groups (broad SMARTS) is 1. The highest BCUT2D eigenvalue weighted by Gasteiger charge is 2.41. The standard InChI is InChI=1S/C25H27N3O3/c26-15-22(23(29)28-21-8-7-20-16-27-12-9-19(20)13-21)18-5-3-17(4-6-18)14-25(24(30)31)10-1-2-11-25/h3-9,12-13,16,22H,1-2,10-11,14-15,26H2,(H,28,29)(H,30,31). The summed E-state index contributed by atoms with van der Waals surface area (Å²) >= 11 is 0. The monoisotopic (exact) mass is 417 g/mol. The molecule has 0 bridgehead atoms. The molecule has 1 heterocycles. The van der Waals surface area contributed by atoms with Gasteiger partial charge in [0.05, 0.1) is 11.3 Å². The third-order valence-electron chi connectivity index (χ3n) is 6.40. The number of hydrogen-bond donors (Lipinski definition) is 3. The van der Waals surface area contributed by atoms with E-state index in [0.29, 0.717) is 12.1 Å². The van der Waals surface area contributed by atoms with Crippen LogP contribution >= 0.6 is 0 Å².